The number of thioether (sulfide) groups is 1. The number of halogens is 1. The highest BCUT2D eigenvalue weighted by atomic mass is 32.2. The maximum atomic E-state index is 13.2. The fourth-order valence-corrected chi connectivity index (χ4v) is 4.93. The van der Waals surface area contributed by atoms with Crippen molar-refractivity contribution in [2.45, 2.75) is 49.6 Å². The zero-order chi connectivity index (χ0) is 24.1. The van der Waals surface area contributed by atoms with Crippen molar-refractivity contribution in [1.82, 2.24) is 19.7 Å². The lowest BCUT2D eigenvalue weighted by atomic mass is 10.1. The van der Waals surface area contributed by atoms with Crippen molar-refractivity contribution in [3.63, 3.8) is 0 Å². The van der Waals surface area contributed by atoms with E-state index in [-0.39, 0.29) is 17.8 Å². The minimum absolute atomic E-state index is 0.0904. The van der Waals surface area contributed by atoms with Gasteiger partial charge in [-0.05, 0) is 88.3 Å². The third-order valence-corrected chi connectivity index (χ3v) is 7.11. The van der Waals surface area contributed by atoms with Gasteiger partial charge in [0, 0.05) is 11.4 Å². The second-order valence-corrected chi connectivity index (χ2v) is 9.71. The molecule has 0 spiro atoms. The number of likely N-dealkylation sites (tertiary alicyclic amines) is 1. The lowest BCUT2D eigenvalue weighted by Gasteiger charge is -2.32. The highest BCUT2D eigenvalue weighted by Gasteiger charge is 2.27. The molecule has 0 unspecified atom stereocenters. The lowest BCUT2D eigenvalue weighted by molar-refractivity contribution is -0.115. The Labute approximate surface area is 203 Å². The summed E-state index contributed by atoms with van der Waals surface area (Å²) >= 11 is 1.34. The normalized spacial score (nSPS) is 16.1. The van der Waals surface area contributed by atoms with E-state index in [2.05, 4.69) is 27.3 Å². The van der Waals surface area contributed by atoms with Crippen LogP contribution in [-0.4, -0.2) is 51.0 Å². The molecule has 2 aromatic carbocycles. The van der Waals surface area contributed by atoms with E-state index in [1.807, 2.05) is 35.8 Å². The van der Waals surface area contributed by atoms with Gasteiger partial charge in [-0.25, -0.2) is 4.39 Å². The SMILES string of the molecule is COc1ccc(-n2c(S[C@@H](C)C(=O)Nc3ccc(F)cc3)nnc2[C@H](C)N2CCCCC2)cc1. The van der Waals surface area contributed by atoms with Gasteiger partial charge in [0.25, 0.3) is 0 Å². The van der Waals surface area contributed by atoms with Crippen molar-refractivity contribution in [3.8, 4) is 11.4 Å². The number of anilines is 1. The Bertz CT molecular complexity index is 1100. The number of aromatic nitrogens is 3. The average molecular weight is 484 g/mol. The van der Waals surface area contributed by atoms with Gasteiger partial charge >= 0.3 is 0 Å². The highest BCUT2D eigenvalue weighted by Crippen LogP contribution is 2.32. The monoisotopic (exact) mass is 483 g/mol. The maximum absolute atomic E-state index is 13.2. The molecule has 1 aliphatic rings. The topological polar surface area (TPSA) is 72.3 Å². The molecule has 1 N–H and O–H groups in total. The summed E-state index contributed by atoms with van der Waals surface area (Å²) in [6.07, 6.45) is 3.63. The van der Waals surface area contributed by atoms with Crippen LogP contribution in [-0.2, 0) is 4.79 Å². The molecule has 3 aromatic rings. The van der Waals surface area contributed by atoms with Crippen molar-refractivity contribution < 1.29 is 13.9 Å². The van der Waals surface area contributed by atoms with E-state index in [0.717, 1.165) is 30.4 Å². The number of ether oxygens (including phenoxy) is 1. The summed E-state index contributed by atoms with van der Waals surface area (Å²) in [5, 5.41) is 12.1. The molecule has 0 radical (unpaired) electrons. The number of hydrogen-bond donors (Lipinski definition) is 1. The van der Waals surface area contributed by atoms with E-state index < -0.39 is 5.25 Å². The fraction of sp³-hybridized carbons (Fsp3) is 0.400. The van der Waals surface area contributed by atoms with Gasteiger partial charge in [-0.15, -0.1) is 10.2 Å². The Morgan fingerprint density at radius 3 is 2.35 bits per heavy atom. The molecule has 0 saturated carbocycles. The lowest BCUT2D eigenvalue weighted by Crippen LogP contribution is -2.33. The van der Waals surface area contributed by atoms with E-state index in [0.29, 0.717) is 10.8 Å². The number of rotatable bonds is 8. The largest absolute Gasteiger partial charge is 0.497 e. The molecule has 0 bridgehead atoms. The smallest absolute Gasteiger partial charge is 0.237 e. The number of methoxy groups -OCH3 is 1. The summed E-state index contributed by atoms with van der Waals surface area (Å²) in [5.74, 6) is 1.08. The first-order valence-electron chi connectivity index (χ1n) is 11.5. The Balaban J connectivity index is 1.59. The first kappa shape index (κ1) is 24.2. The molecule has 0 aliphatic carbocycles. The second kappa shape index (κ2) is 11.0. The van der Waals surface area contributed by atoms with Crippen LogP contribution >= 0.6 is 11.8 Å². The van der Waals surface area contributed by atoms with Gasteiger partial charge in [-0.1, -0.05) is 18.2 Å². The molecule has 1 aromatic heterocycles. The quantitative estimate of drug-likeness (QED) is 0.451. The highest BCUT2D eigenvalue weighted by molar-refractivity contribution is 8.00. The summed E-state index contributed by atoms with van der Waals surface area (Å²) in [6.45, 7) is 6.06. The average Bonchev–Trinajstić information content (AvgIpc) is 3.28. The van der Waals surface area contributed by atoms with Gasteiger partial charge in [0.15, 0.2) is 11.0 Å². The van der Waals surface area contributed by atoms with Crippen LogP contribution in [0.5, 0.6) is 5.75 Å². The van der Waals surface area contributed by atoms with Crippen molar-refractivity contribution in [1.29, 1.82) is 0 Å². The van der Waals surface area contributed by atoms with Crippen molar-refractivity contribution in [2.75, 3.05) is 25.5 Å². The Kier molecular flexibility index (Phi) is 7.84. The molecule has 9 heteroatoms. The Morgan fingerprint density at radius 2 is 1.71 bits per heavy atom. The van der Waals surface area contributed by atoms with Gasteiger partial charge in [0.2, 0.25) is 5.91 Å². The van der Waals surface area contributed by atoms with Crippen LogP contribution in [0.4, 0.5) is 10.1 Å². The second-order valence-electron chi connectivity index (χ2n) is 8.40. The van der Waals surface area contributed by atoms with E-state index in [1.54, 1.807) is 19.2 Å². The maximum Gasteiger partial charge on any atom is 0.237 e. The third kappa shape index (κ3) is 5.59. The molecule has 2 heterocycles. The minimum atomic E-state index is -0.440. The summed E-state index contributed by atoms with van der Waals surface area (Å²) in [6, 6.07) is 13.6. The Morgan fingerprint density at radius 1 is 1.03 bits per heavy atom. The molecule has 34 heavy (non-hydrogen) atoms. The molecule has 1 saturated heterocycles. The zero-order valence-corrected chi connectivity index (χ0v) is 20.5. The fourth-order valence-electron chi connectivity index (χ4n) is 4.06. The molecule has 7 nitrogen and oxygen atoms in total. The standard InChI is InChI=1S/C25H30FN5O2S/c1-17(30-15-5-4-6-16-30)23-28-29-25(31(23)21-11-13-22(33-3)14-12-21)34-18(2)24(32)27-20-9-7-19(26)8-10-20/h7-14,17-18H,4-6,15-16H2,1-3H3,(H,27,32)/t17-,18-/m0/s1. The number of nitrogens with zero attached hydrogens (tertiary/aromatic N) is 4. The first-order chi connectivity index (χ1) is 16.5. The summed E-state index contributed by atoms with van der Waals surface area (Å²) < 4.78 is 20.5. The van der Waals surface area contributed by atoms with Crippen molar-refractivity contribution in [3.05, 3.63) is 60.2 Å². The number of piperidine rings is 1. The van der Waals surface area contributed by atoms with Crippen LogP contribution < -0.4 is 10.1 Å². The molecule has 4 rings (SSSR count). The molecule has 1 amide bonds. The van der Waals surface area contributed by atoms with Crippen LogP contribution in [0.3, 0.4) is 0 Å². The first-order valence-corrected chi connectivity index (χ1v) is 12.4. The van der Waals surface area contributed by atoms with Gasteiger partial charge in [0.1, 0.15) is 11.6 Å². The Hall–Kier alpha value is -2.91. The predicted molar refractivity (Wildman–Crippen MR) is 132 cm³/mol. The van der Waals surface area contributed by atoms with Crippen LogP contribution in [0.25, 0.3) is 5.69 Å². The summed E-state index contributed by atoms with van der Waals surface area (Å²) in [7, 11) is 1.64. The third-order valence-electron chi connectivity index (χ3n) is 6.06. The van der Waals surface area contributed by atoms with Crippen molar-refractivity contribution in [2.24, 2.45) is 0 Å². The molecule has 180 valence electrons. The summed E-state index contributed by atoms with van der Waals surface area (Å²) in [4.78, 5) is 15.3. The van der Waals surface area contributed by atoms with Crippen LogP contribution in [0.1, 0.15) is 45.0 Å². The number of carbonyl (C=O) groups is 1. The molecule has 1 fully saturated rings. The zero-order valence-electron chi connectivity index (χ0n) is 19.7. The van der Waals surface area contributed by atoms with Crippen LogP contribution in [0.15, 0.2) is 53.7 Å². The molecule has 2 atom stereocenters. The van der Waals surface area contributed by atoms with Crippen molar-refractivity contribution >= 4 is 23.4 Å². The summed E-state index contributed by atoms with van der Waals surface area (Å²) in [5.41, 5.74) is 1.47. The van der Waals surface area contributed by atoms with E-state index in [4.69, 9.17) is 4.74 Å². The molecule has 1 aliphatic heterocycles. The minimum Gasteiger partial charge on any atom is -0.497 e. The van der Waals surface area contributed by atoms with Gasteiger partial charge in [0.05, 0.1) is 18.4 Å². The number of nitrogens with one attached hydrogen (secondary N) is 1. The van der Waals surface area contributed by atoms with Crippen LogP contribution in [0.2, 0.25) is 0 Å². The van der Waals surface area contributed by atoms with E-state index >= 15 is 0 Å². The molecular weight excluding hydrogens is 453 g/mol. The van der Waals surface area contributed by atoms with E-state index in [9.17, 15) is 9.18 Å². The predicted octanol–water partition coefficient (Wildman–Crippen LogP) is 5.08. The van der Waals surface area contributed by atoms with Gasteiger partial charge in [-0.3, -0.25) is 14.3 Å². The number of hydrogen-bond acceptors (Lipinski definition) is 6. The van der Waals surface area contributed by atoms with Gasteiger partial charge in [-0.2, -0.15) is 0 Å². The number of benzene rings is 2. The van der Waals surface area contributed by atoms with Crippen LogP contribution in [0, 0.1) is 5.82 Å². The number of amides is 1. The van der Waals surface area contributed by atoms with Gasteiger partial charge < -0.3 is 10.1 Å². The molecular formula is C25H30FN5O2S. The number of carbonyl (C=O) groups excluding carboxylic acids is 1. The van der Waals surface area contributed by atoms with E-state index in [1.165, 1.54) is 43.2 Å².